The van der Waals surface area contributed by atoms with E-state index in [2.05, 4.69) is 30.1 Å². The highest BCUT2D eigenvalue weighted by Gasteiger charge is 2.34. The number of carbonyl (C=O) groups is 1. The Morgan fingerprint density at radius 3 is 2.58 bits per heavy atom. The largest absolute Gasteiger partial charge is 0.377 e. The third kappa shape index (κ3) is 3.57. The van der Waals surface area contributed by atoms with E-state index < -0.39 is 0 Å². The summed E-state index contributed by atoms with van der Waals surface area (Å²) in [5.74, 6) is -0.0561. The van der Waals surface area contributed by atoms with E-state index in [-0.39, 0.29) is 12.0 Å². The first-order valence-electron chi connectivity index (χ1n) is 8.69. The Bertz CT molecular complexity index is 865. The Kier molecular flexibility index (Phi) is 5.59. The molecule has 1 heterocycles. The fourth-order valence-corrected chi connectivity index (χ4v) is 3.39. The molecule has 130 valence electrons. The predicted octanol–water partition coefficient (Wildman–Crippen LogP) is 5.34. The van der Waals surface area contributed by atoms with Crippen LogP contribution < -0.4 is 5.32 Å². The van der Waals surface area contributed by atoms with Crippen molar-refractivity contribution in [3.63, 3.8) is 0 Å². The smallest absolute Gasteiger partial charge is 0.150 e. The number of anilines is 1. The van der Waals surface area contributed by atoms with Crippen LogP contribution in [0.25, 0.3) is 0 Å². The van der Waals surface area contributed by atoms with E-state index in [1.54, 1.807) is 12.1 Å². The van der Waals surface area contributed by atoms with Crippen LogP contribution in [0.4, 0.5) is 5.69 Å². The molecule has 2 N–H and O–H groups in total. The molecule has 0 aliphatic carbocycles. The lowest BCUT2D eigenvalue weighted by molar-refractivity contribution is 0.112. The van der Waals surface area contributed by atoms with E-state index in [1.165, 1.54) is 0 Å². The topological polar surface area (TPSA) is 53.0 Å². The van der Waals surface area contributed by atoms with Gasteiger partial charge >= 0.3 is 0 Å². The first kappa shape index (κ1) is 17.6. The highest BCUT2D eigenvalue weighted by atomic mass is 16.1. The molecule has 26 heavy (non-hydrogen) atoms. The summed E-state index contributed by atoms with van der Waals surface area (Å²) in [6.45, 7) is 3.66. The Morgan fingerprint density at radius 2 is 1.85 bits per heavy atom. The van der Waals surface area contributed by atoms with Gasteiger partial charge in [0.15, 0.2) is 6.29 Å². The van der Waals surface area contributed by atoms with Crippen LogP contribution in [0, 0.1) is 11.3 Å². The Balaban J connectivity index is 1.99. The van der Waals surface area contributed by atoms with Gasteiger partial charge in [-0.05, 0) is 18.1 Å². The van der Waals surface area contributed by atoms with E-state index in [9.17, 15) is 4.79 Å². The number of rotatable bonds is 6. The zero-order valence-corrected chi connectivity index (χ0v) is 14.6. The van der Waals surface area contributed by atoms with Crippen LogP contribution in [0.3, 0.4) is 0 Å². The molecule has 0 radical (unpaired) electrons. The zero-order valence-electron chi connectivity index (χ0n) is 14.6. The van der Waals surface area contributed by atoms with Crippen LogP contribution in [-0.2, 0) is 0 Å². The van der Waals surface area contributed by atoms with Crippen LogP contribution in [0.2, 0.25) is 0 Å². The second-order valence-corrected chi connectivity index (χ2v) is 6.22. The fourth-order valence-electron chi connectivity index (χ4n) is 3.39. The first-order valence-corrected chi connectivity index (χ1v) is 8.69. The van der Waals surface area contributed by atoms with Gasteiger partial charge in [0.2, 0.25) is 0 Å². The summed E-state index contributed by atoms with van der Waals surface area (Å²) in [4.78, 5) is 11.5. The second kappa shape index (κ2) is 8.26. The molecule has 0 saturated carbocycles. The monoisotopic (exact) mass is 342 g/mol. The molecule has 0 aromatic heterocycles. The minimum absolute atomic E-state index is 0.00821. The summed E-state index contributed by atoms with van der Waals surface area (Å²) in [6, 6.07) is 15.7. The molecular formula is C23H22N2O. The van der Waals surface area contributed by atoms with Gasteiger partial charge in [0, 0.05) is 28.4 Å². The molecule has 2 unspecified atom stereocenters. The first-order chi connectivity index (χ1) is 12.8. The molecule has 2 aromatic carbocycles. The third-order valence-electron chi connectivity index (χ3n) is 4.62. The predicted molar refractivity (Wildman–Crippen MR) is 108 cm³/mol. The molecule has 0 spiro atoms. The quantitative estimate of drug-likeness (QED) is 0.550. The Labute approximate surface area is 154 Å². The molecule has 3 nitrogen and oxygen atoms in total. The summed E-state index contributed by atoms with van der Waals surface area (Å²) in [5, 5.41) is 12.4. The highest BCUT2D eigenvalue weighted by molar-refractivity contribution is 6.11. The molecule has 0 saturated heterocycles. The van der Waals surface area contributed by atoms with Gasteiger partial charge in [0.1, 0.15) is 0 Å². The molecule has 3 rings (SSSR count). The Hall–Kier alpha value is -3.20. The lowest BCUT2D eigenvalue weighted by atomic mass is 9.78. The van der Waals surface area contributed by atoms with Crippen LogP contribution in [-0.4, -0.2) is 12.0 Å². The molecule has 1 aliphatic heterocycles. The van der Waals surface area contributed by atoms with Crippen LogP contribution in [0.1, 0.15) is 33.9 Å². The fraction of sp³-hybridized carbons (Fsp3) is 0.130. The number of hydrogen-bond donors (Lipinski definition) is 2. The van der Waals surface area contributed by atoms with Crippen molar-refractivity contribution in [1.29, 1.82) is 5.41 Å². The number of aldehydes is 1. The molecule has 1 aliphatic rings. The molecule has 0 fully saturated rings. The van der Waals surface area contributed by atoms with Crippen molar-refractivity contribution in [2.45, 2.75) is 12.5 Å². The summed E-state index contributed by atoms with van der Waals surface area (Å²) in [7, 11) is 0. The average molecular weight is 342 g/mol. The summed E-state index contributed by atoms with van der Waals surface area (Å²) in [5.41, 5.74) is 3.77. The normalized spacial score (nSPS) is 19.3. The van der Waals surface area contributed by atoms with Gasteiger partial charge in [0.05, 0.1) is 6.04 Å². The van der Waals surface area contributed by atoms with Gasteiger partial charge in [-0.15, -0.1) is 0 Å². The van der Waals surface area contributed by atoms with Gasteiger partial charge in [-0.2, -0.15) is 0 Å². The molecule has 2 aromatic rings. The Morgan fingerprint density at radius 1 is 1.04 bits per heavy atom. The number of allylic oxidation sites excluding steroid dienone is 5. The maximum absolute atomic E-state index is 11.5. The van der Waals surface area contributed by atoms with Gasteiger partial charge < -0.3 is 10.7 Å². The average Bonchev–Trinajstić information content (AvgIpc) is 2.69. The second-order valence-electron chi connectivity index (χ2n) is 6.22. The SMILES string of the molecule is C=C/C=C\C=C/CC1C(=N)c2c(C=O)cccc2NC1c1ccccc1. The van der Waals surface area contributed by atoms with Gasteiger partial charge in [-0.3, -0.25) is 4.79 Å². The van der Waals surface area contributed by atoms with E-state index in [1.807, 2.05) is 48.6 Å². The van der Waals surface area contributed by atoms with Gasteiger partial charge in [0.25, 0.3) is 0 Å². The van der Waals surface area contributed by atoms with E-state index >= 15 is 0 Å². The zero-order chi connectivity index (χ0) is 18.4. The lowest BCUT2D eigenvalue weighted by Crippen LogP contribution is -2.34. The molecule has 3 heteroatoms. The van der Waals surface area contributed by atoms with Crippen LogP contribution >= 0.6 is 0 Å². The standard InChI is InChI=1S/C23H22N2O/c1-2-3-4-5-9-14-19-22(24)21-18(16-26)13-10-15-20(21)25-23(19)17-11-7-6-8-12-17/h2-13,15-16,19,23-25H,1,14H2/b4-3-,9-5-,24-22?. The number of hydrogen-bond acceptors (Lipinski definition) is 3. The number of fused-ring (bicyclic) bond motifs is 1. The van der Waals surface area contributed by atoms with Crippen molar-refractivity contribution < 1.29 is 4.79 Å². The molecule has 2 atom stereocenters. The maximum atomic E-state index is 11.5. The van der Waals surface area contributed by atoms with E-state index in [4.69, 9.17) is 5.41 Å². The van der Waals surface area contributed by atoms with Crippen molar-refractivity contribution in [2.24, 2.45) is 5.92 Å². The number of benzene rings is 2. The molecule has 0 amide bonds. The van der Waals surface area contributed by atoms with Crippen molar-refractivity contribution in [1.82, 2.24) is 0 Å². The van der Waals surface area contributed by atoms with Crippen molar-refractivity contribution in [3.05, 3.63) is 102 Å². The minimum atomic E-state index is -0.0561. The van der Waals surface area contributed by atoms with Gasteiger partial charge in [-0.1, -0.05) is 79.4 Å². The number of nitrogens with one attached hydrogen (secondary N) is 2. The third-order valence-corrected chi connectivity index (χ3v) is 4.62. The van der Waals surface area contributed by atoms with E-state index in [0.29, 0.717) is 17.7 Å². The van der Waals surface area contributed by atoms with Crippen LogP contribution in [0.5, 0.6) is 0 Å². The van der Waals surface area contributed by atoms with Gasteiger partial charge in [-0.25, -0.2) is 0 Å². The van der Waals surface area contributed by atoms with Crippen molar-refractivity contribution >= 4 is 17.7 Å². The summed E-state index contributed by atoms with van der Waals surface area (Å²) < 4.78 is 0. The van der Waals surface area contributed by atoms with Crippen molar-refractivity contribution in [3.8, 4) is 0 Å². The summed E-state index contributed by atoms with van der Waals surface area (Å²) >= 11 is 0. The highest BCUT2D eigenvalue weighted by Crippen LogP contribution is 2.39. The lowest BCUT2D eigenvalue weighted by Gasteiger charge is -2.36. The van der Waals surface area contributed by atoms with Crippen LogP contribution in [0.15, 0.2) is 85.5 Å². The minimum Gasteiger partial charge on any atom is -0.377 e. The van der Waals surface area contributed by atoms with E-state index in [0.717, 1.165) is 23.1 Å². The molecular weight excluding hydrogens is 320 g/mol. The van der Waals surface area contributed by atoms with Crippen molar-refractivity contribution in [2.75, 3.05) is 5.32 Å². The summed E-state index contributed by atoms with van der Waals surface area (Å²) in [6.07, 6.45) is 11.1. The molecule has 0 bridgehead atoms. The maximum Gasteiger partial charge on any atom is 0.150 e. The number of carbonyl (C=O) groups excluding carboxylic acids is 1.